The van der Waals surface area contributed by atoms with Crippen LogP contribution < -0.4 is 0 Å². The van der Waals surface area contributed by atoms with Gasteiger partial charge in [-0.15, -0.1) is 22.7 Å². The molecule has 0 amide bonds. The first kappa shape index (κ1) is 27.5. The fourth-order valence-electron chi connectivity index (χ4n) is 8.28. The van der Waals surface area contributed by atoms with Gasteiger partial charge in [0.15, 0.2) is 0 Å². The van der Waals surface area contributed by atoms with E-state index in [1.54, 1.807) is 12.5 Å². The molecule has 0 atom stereocenters. The SMILES string of the molecule is c1coc(-c2cc3c(s2)C2(c4ccccc4Sc4ccccc42)c2cc(-c4ccco4)sc2C32c3ccccc3Sc3ccccc32)c1. The molecular formula is C42H24O2S4. The normalized spacial score (nSPS) is 15.7. The minimum atomic E-state index is -0.542. The topological polar surface area (TPSA) is 26.3 Å². The number of rotatable bonds is 2. The van der Waals surface area contributed by atoms with Crippen molar-refractivity contribution in [2.75, 3.05) is 0 Å². The van der Waals surface area contributed by atoms with Crippen molar-refractivity contribution in [1.82, 2.24) is 0 Å². The Morgan fingerprint density at radius 2 is 0.729 bits per heavy atom. The monoisotopic (exact) mass is 688 g/mol. The fraction of sp³-hybridized carbons (Fsp3) is 0.0476. The minimum absolute atomic E-state index is 0.542. The average Bonchev–Trinajstić information content (AvgIpc) is 3.97. The van der Waals surface area contributed by atoms with E-state index in [0.29, 0.717) is 0 Å². The summed E-state index contributed by atoms with van der Waals surface area (Å²) in [7, 11) is 0. The molecule has 0 bridgehead atoms. The van der Waals surface area contributed by atoms with E-state index < -0.39 is 10.8 Å². The molecule has 6 heteroatoms. The molecule has 0 radical (unpaired) electrons. The Labute approximate surface area is 294 Å². The third-order valence-electron chi connectivity index (χ3n) is 10.1. The summed E-state index contributed by atoms with van der Waals surface area (Å²) in [5.41, 5.74) is 6.89. The van der Waals surface area contributed by atoms with Crippen molar-refractivity contribution in [3.05, 3.63) is 189 Å². The summed E-state index contributed by atoms with van der Waals surface area (Å²) in [4.78, 5) is 10.2. The van der Waals surface area contributed by atoms with Crippen LogP contribution in [0.2, 0.25) is 0 Å². The number of hydrogen-bond donors (Lipinski definition) is 0. The van der Waals surface area contributed by atoms with E-state index in [2.05, 4.69) is 121 Å². The number of furan rings is 2. The Kier molecular flexibility index (Phi) is 5.74. The standard InChI is InChI=1S/C42H24O2S4/c1-5-17-33-25(11-1)41(26-12-2-6-18-34(26)45-33)29-23-37(31-15-9-21-43-31)48-40(29)42(30-24-38(47-39(30)41)32-16-10-22-44-32)27-13-3-7-19-35(27)46-36-20-8-4-14-28(36)42/h1-24H. The molecule has 48 heavy (non-hydrogen) atoms. The zero-order valence-electron chi connectivity index (χ0n) is 25.3. The maximum atomic E-state index is 6.15. The van der Waals surface area contributed by atoms with Crippen molar-refractivity contribution < 1.29 is 8.83 Å². The highest BCUT2D eigenvalue weighted by Gasteiger charge is 2.60. The summed E-state index contributed by atoms with van der Waals surface area (Å²) in [6, 6.07) is 49.2. The highest BCUT2D eigenvalue weighted by Crippen LogP contribution is 2.70. The van der Waals surface area contributed by atoms with Gasteiger partial charge < -0.3 is 8.83 Å². The van der Waals surface area contributed by atoms with Crippen LogP contribution >= 0.6 is 46.2 Å². The first-order valence-corrected chi connectivity index (χ1v) is 19.2. The van der Waals surface area contributed by atoms with Crippen LogP contribution in [0.3, 0.4) is 0 Å². The van der Waals surface area contributed by atoms with E-state index in [0.717, 1.165) is 21.3 Å². The molecule has 4 aromatic heterocycles. The van der Waals surface area contributed by atoms with Gasteiger partial charge in [-0.2, -0.15) is 0 Å². The average molecular weight is 689 g/mol. The molecule has 2 spiro atoms. The molecule has 8 aromatic rings. The van der Waals surface area contributed by atoms with Crippen LogP contribution in [-0.2, 0) is 10.8 Å². The van der Waals surface area contributed by atoms with Crippen LogP contribution in [0.15, 0.2) is 174 Å². The second-order valence-electron chi connectivity index (χ2n) is 12.4. The lowest BCUT2D eigenvalue weighted by Gasteiger charge is -2.51. The largest absolute Gasteiger partial charge is 0.464 e. The van der Waals surface area contributed by atoms with Gasteiger partial charge in [0.2, 0.25) is 0 Å². The summed E-state index contributed by atoms with van der Waals surface area (Å²) in [5, 5.41) is 0. The Bertz CT molecular complexity index is 2220. The second kappa shape index (κ2) is 10.0. The third-order valence-corrected chi connectivity index (χ3v) is 14.9. The summed E-state index contributed by atoms with van der Waals surface area (Å²) < 4.78 is 12.3. The Hall–Kier alpha value is -4.46. The smallest absolute Gasteiger partial charge is 0.143 e. The predicted molar refractivity (Wildman–Crippen MR) is 196 cm³/mol. The van der Waals surface area contributed by atoms with Crippen LogP contribution in [0.5, 0.6) is 0 Å². The summed E-state index contributed by atoms with van der Waals surface area (Å²) in [6.45, 7) is 0. The highest BCUT2D eigenvalue weighted by molar-refractivity contribution is 7.99. The van der Waals surface area contributed by atoms with E-state index in [9.17, 15) is 0 Å². The van der Waals surface area contributed by atoms with Gasteiger partial charge in [0.1, 0.15) is 11.5 Å². The zero-order chi connectivity index (χ0) is 31.5. The summed E-state index contributed by atoms with van der Waals surface area (Å²) in [6.07, 6.45) is 3.57. The molecule has 11 rings (SSSR count). The molecule has 4 aromatic carbocycles. The van der Waals surface area contributed by atoms with Crippen molar-refractivity contribution in [2.24, 2.45) is 0 Å². The number of benzene rings is 4. The van der Waals surface area contributed by atoms with E-state index in [1.165, 1.54) is 62.7 Å². The van der Waals surface area contributed by atoms with E-state index in [1.807, 2.05) is 58.3 Å². The molecular weight excluding hydrogens is 665 g/mol. The highest BCUT2D eigenvalue weighted by atomic mass is 32.2. The van der Waals surface area contributed by atoms with Crippen LogP contribution in [0.4, 0.5) is 0 Å². The number of hydrogen-bond acceptors (Lipinski definition) is 6. The van der Waals surface area contributed by atoms with Gasteiger partial charge in [-0.1, -0.05) is 96.3 Å². The molecule has 0 saturated carbocycles. The number of thiophene rings is 2. The quantitative estimate of drug-likeness (QED) is 0.181. The molecule has 1 aliphatic carbocycles. The fourth-order valence-corrected chi connectivity index (χ4v) is 13.5. The third kappa shape index (κ3) is 3.41. The molecule has 2 aliphatic heterocycles. The van der Waals surface area contributed by atoms with Crippen molar-refractivity contribution in [3.8, 4) is 21.3 Å². The van der Waals surface area contributed by atoms with Gasteiger partial charge in [-0.25, -0.2) is 0 Å². The second-order valence-corrected chi connectivity index (χ2v) is 16.6. The van der Waals surface area contributed by atoms with Crippen LogP contribution in [0.1, 0.15) is 43.1 Å². The van der Waals surface area contributed by atoms with Gasteiger partial charge in [0.25, 0.3) is 0 Å². The molecule has 2 nitrogen and oxygen atoms in total. The van der Waals surface area contributed by atoms with Crippen molar-refractivity contribution >= 4 is 46.2 Å². The molecule has 6 heterocycles. The Morgan fingerprint density at radius 1 is 0.375 bits per heavy atom. The van der Waals surface area contributed by atoms with E-state index >= 15 is 0 Å². The zero-order valence-corrected chi connectivity index (χ0v) is 28.6. The van der Waals surface area contributed by atoms with Gasteiger partial charge >= 0.3 is 0 Å². The van der Waals surface area contributed by atoms with E-state index in [4.69, 9.17) is 8.83 Å². The summed E-state index contributed by atoms with van der Waals surface area (Å²) in [5.74, 6) is 1.80. The van der Waals surface area contributed by atoms with Crippen molar-refractivity contribution in [2.45, 2.75) is 30.4 Å². The maximum Gasteiger partial charge on any atom is 0.143 e. The van der Waals surface area contributed by atoms with Gasteiger partial charge in [-0.3, -0.25) is 0 Å². The molecule has 0 saturated heterocycles. The molecule has 3 aliphatic rings. The van der Waals surface area contributed by atoms with Crippen LogP contribution in [0.25, 0.3) is 21.3 Å². The number of fused-ring (bicyclic) bond motifs is 14. The lowest BCUT2D eigenvalue weighted by Crippen LogP contribution is -2.45. The van der Waals surface area contributed by atoms with Gasteiger partial charge in [0, 0.05) is 29.3 Å². The van der Waals surface area contributed by atoms with Crippen LogP contribution in [-0.4, -0.2) is 0 Å². The predicted octanol–water partition coefficient (Wildman–Crippen LogP) is 12.3. The van der Waals surface area contributed by atoms with Gasteiger partial charge in [-0.05, 0) is 94.0 Å². The van der Waals surface area contributed by atoms with Crippen molar-refractivity contribution in [3.63, 3.8) is 0 Å². The molecule has 0 unspecified atom stereocenters. The first-order valence-electron chi connectivity index (χ1n) is 15.9. The lowest BCUT2D eigenvalue weighted by atomic mass is 9.55. The molecule has 0 N–H and O–H groups in total. The molecule has 228 valence electrons. The lowest BCUT2D eigenvalue weighted by molar-refractivity contribution is 0.583. The first-order chi connectivity index (χ1) is 23.8. The Balaban J connectivity index is 1.39. The maximum absolute atomic E-state index is 6.15. The van der Waals surface area contributed by atoms with E-state index in [-0.39, 0.29) is 0 Å². The summed E-state index contributed by atoms with van der Waals surface area (Å²) >= 11 is 7.53. The molecule has 0 fully saturated rings. The Morgan fingerprint density at radius 3 is 1.06 bits per heavy atom. The van der Waals surface area contributed by atoms with Gasteiger partial charge in [0.05, 0.1) is 33.1 Å². The minimum Gasteiger partial charge on any atom is -0.464 e. The van der Waals surface area contributed by atoms with Crippen molar-refractivity contribution in [1.29, 1.82) is 0 Å². The van der Waals surface area contributed by atoms with Crippen LogP contribution in [0, 0.1) is 0 Å².